The molecule has 2 aromatic carbocycles. The molecule has 4 nitrogen and oxygen atoms in total. The van der Waals surface area contributed by atoms with Gasteiger partial charge < -0.3 is 15.6 Å². The van der Waals surface area contributed by atoms with Crippen LogP contribution in [-0.4, -0.2) is 18.1 Å². The van der Waals surface area contributed by atoms with Crippen molar-refractivity contribution >= 4 is 5.91 Å². The van der Waals surface area contributed by atoms with Gasteiger partial charge in [-0.25, -0.2) is 0 Å². The van der Waals surface area contributed by atoms with Gasteiger partial charge in [0.25, 0.3) is 0 Å². The lowest BCUT2D eigenvalue weighted by Gasteiger charge is -2.09. The first kappa shape index (κ1) is 12.0. The molecule has 18 heavy (non-hydrogen) atoms. The number of phenols is 1. The fraction of sp³-hybridized carbons (Fsp3) is 0.0714. The number of primary amides is 1. The minimum atomic E-state index is -0.581. The van der Waals surface area contributed by atoms with Crippen molar-refractivity contribution in [1.82, 2.24) is 0 Å². The van der Waals surface area contributed by atoms with Gasteiger partial charge in [0.2, 0.25) is 5.91 Å². The third-order valence-corrected chi connectivity index (χ3v) is 2.62. The lowest BCUT2D eigenvalue weighted by molar-refractivity contribution is 0.1000. The van der Waals surface area contributed by atoms with Crippen LogP contribution in [0.4, 0.5) is 0 Å². The number of aromatic hydroxyl groups is 1. The molecule has 4 heteroatoms. The number of carbonyl (C=O) groups excluding carboxylic acids is 1. The molecule has 2 aromatic rings. The molecule has 1 amide bonds. The maximum absolute atomic E-state index is 11.2. The molecule has 0 spiro atoms. The highest BCUT2D eigenvalue weighted by molar-refractivity contribution is 5.95. The van der Waals surface area contributed by atoms with E-state index in [0.29, 0.717) is 11.3 Å². The molecule has 0 saturated carbocycles. The molecule has 0 aromatic heterocycles. The molecule has 92 valence electrons. The molecular formula is C14H13NO3. The number of hydrogen-bond acceptors (Lipinski definition) is 3. The number of amides is 1. The summed E-state index contributed by atoms with van der Waals surface area (Å²) in [4.78, 5) is 11.2. The Hall–Kier alpha value is -2.49. The first-order chi connectivity index (χ1) is 8.61. The highest BCUT2D eigenvalue weighted by Crippen LogP contribution is 2.32. The van der Waals surface area contributed by atoms with E-state index in [4.69, 9.17) is 10.5 Å². The molecule has 0 atom stereocenters. The summed E-state index contributed by atoms with van der Waals surface area (Å²) in [7, 11) is 1.57. The molecule has 0 radical (unpaired) electrons. The van der Waals surface area contributed by atoms with E-state index in [1.165, 1.54) is 6.07 Å². The van der Waals surface area contributed by atoms with Crippen molar-refractivity contribution in [1.29, 1.82) is 0 Å². The lowest BCUT2D eigenvalue weighted by Crippen LogP contribution is -2.10. The molecule has 0 unspecified atom stereocenters. The van der Waals surface area contributed by atoms with Gasteiger partial charge in [0.05, 0.1) is 7.11 Å². The molecule has 0 fully saturated rings. The minimum Gasteiger partial charge on any atom is -0.508 e. The number of para-hydroxylation sites is 1. The van der Waals surface area contributed by atoms with Gasteiger partial charge >= 0.3 is 0 Å². The monoisotopic (exact) mass is 243 g/mol. The Morgan fingerprint density at radius 3 is 2.61 bits per heavy atom. The van der Waals surface area contributed by atoms with E-state index in [9.17, 15) is 9.90 Å². The van der Waals surface area contributed by atoms with E-state index in [1.807, 2.05) is 24.3 Å². The average Bonchev–Trinajstić information content (AvgIpc) is 2.38. The summed E-state index contributed by atoms with van der Waals surface area (Å²) >= 11 is 0. The third-order valence-electron chi connectivity index (χ3n) is 2.62. The maximum atomic E-state index is 11.2. The average molecular weight is 243 g/mol. The van der Waals surface area contributed by atoms with Crippen LogP contribution in [0, 0.1) is 0 Å². The first-order valence-electron chi connectivity index (χ1n) is 5.39. The SMILES string of the molecule is COc1ccccc1-c1cc(O)cc(C(N)=O)c1. The Morgan fingerprint density at radius 2 is 1.94 bits per heavy atom. The van der Waals surface area contributed by atoms with Crippen LogP contribution in [0.2, 0.25) is 0 Å². The van der Waals surface area contributed by atoms with Gasteiger partial charge in [0.15, 0.2) is 0 Å². The van der Waals surface area contributed by atoms with Crippen LogP contribution >= 0.6 is 0 Å². The Bertz CT molecular complexity index is 593. The van der Waals surface area contributed by atoms with Crippen LogP contribution in [0.3, 0.4) is 0 Å². The van der Waals surface area contributed by atoms with Crippen molar-refractivity contribution in [2.45, 2.75) is 0 Å². The van der Waals surface area contributed by atoms with Crippen LogP contribution in [0.1, 0.15) is 10.4 Å². The largest absolute Gasteiger partial charge is 0.508 e. The van der Waals surface area contributed by atoms with E-state index in [1.54, 1.807) is 19.2 Å². The number of nitrogens with two attached hydrogens (primary N) is 1. The minimum absolute atomic E-state index is 0.00722. The molecule has 0 aliphatic heterocycles. The number of methoxy groups -OCH3 is 1. The van der Waals surface area contributed by atoms with Gasteiger partial charge in [-0.05, 0) is 29.8 Å². The molecule has 0 saturated heterocycles. The summed E-state index contributed by atoms with van der Waals surface area (Å²) in [5.41, 5.74) is 6.95. The lowest BCUT2D eigenvalue weighted by atomic mass is 10.0. The summed E-state index contributed by atoms with van der Waals surface area (Å²) < 4.78 is 5.24. The molecular weight excluding hydrogens is 230 g/mol. The van der Waals surface area contributed by atoms with Gasteiger partial charge in [-0.15, -0.1) is 0 Å². The summed E-state index contributed by atoms with van der Waals surface area (Å²) in [6, 6.07) is 11.9. The molecule has 0 aliphatic carbocycles. The van der Waals surface area contributed by atoms with Crippen molar-refractivity contribution in [3.05, 3.63) is 48.0 Å². The Morgan fingerprint density at radius 1 is 1.22 bits per heavy atom. The van der Waals surface area contributed by atoms with E-state index in [2.05, 4.69) is 0 Å². The summed E-state index contributed by atoms with van der Waals surface area (Å²) in [5.74, 6) is 0.0766. The normalized spacial score (nSPS) is 10.1. The van der Waals surface area contributed by atoms with Crippen molar-refractivity contribution in [2.24, 2.45) is 5.73 Å². The fourth-order valence-electron chi connectivity index (χ4n) is 1.79. The quantitative estimate of drug-likeness (QED) is 0.867. The Labute approximate surface area is 105 Å². The standard InChI is InChI=1S/C14H13NO3/c1-18-13-5-3-2-4-12(13)9-6-10(14(15)17)8-11(16)7-9/h2-8,16H,1H3,(H2,15,17). The van der Waals surface area contributed by atoms with E-state index >= 15 is 0 Å². The maximum Gasteiger partial charge on any atom is 0.248 e. The van der Waals surface area contributed by atoms with Gasteiger partial charge in [-0.3, -0.25) is 4.79 Å². The van der Waals surface area contributed by atoms with Gasteiger partial charge in [0.1, 0.15) is 11.5 Å². The number of phenolic OH excluding ortho intramolecular Hbond substituents is 1. The van der Waals surface area contributed by atoms with Gasteiger partial charge in [-0.1, -0.05) is 18.2 Å². The van der Waals surface area contributed by atoms with Crippen molar-refractivity contribution in [3.8, 4) is 22.6 Å². The first-order valence-corrected chi connectivity index (χ1v) is 5.39. The Kier molecular flexibility index (Phi) is 3.19. The molecule has 0 heterocycles. The number of ether oxygens (including phenoxy) is 1. The molecule has 0 aliphatic rings. The van der Waals surface area contributed by atoms with Crippen molar-refractivity contribution in [2.75, 3.05) is 7.11 Å². The zero-order valence-corrected chi connectivity index (χ0v) is 9.88. The van der Waals surface area contributed by atoms with Crippen molar-refractivity contribution < 1.29 is 14.6 Å². The number of carbonyl (C=O) groups is 1. The smallest absolute Gasteiger partial charge is 0.248 e. The van der Waals surface area contributed by atoms with Crippen LogP contribution in [0.5, 0.6) is 11.5 Å². The number of hydrogen-bond donors (Lipinski definition) is 2. The second-order valence-electron chi connectivity index (χ2n) is 3.83. The van der Waals surface area contributed by atoms with Crippen molar-refractivity contribution in [3.63, 3.8) is 0 Å². The van der Waals surface area contributed by atoms with E-state index in [0.717, 1.165) is 5.56 Å². The highest BCUT2D eigenvalue weighted by Gasteiger charge is 2.09. The second kappa shape index (κ2) is 4.79. The van der Waals surface area contributed by atoms with Crippen LogP contribution in [-0.2, 0) is 0 Å². The van der Waals surface area contributed by atoms with E-state index in [-0.39, 0.29) is 11.3 Å². The predicted molar refractivity (Wildman–Crippen MR) is 68.6 cm³/mol. The Balaban J connectivity index is 2.60. The van der Waals surface area contributed by atoms with Gasteiger partial charge in [-0.2, -0.15) is 0 Å². The van der Waals surface area contributed by atoms with Crippen LogP contribution in [0.15, 0.2) is 42.5 Å². The fourth-order valence-corrected chi connectivity index (χ4v) is 1.79. The summed E-state index contributed by atoms with van der Waals surface area (Å²) in [6.45, 7) is 0. The topological polar surface area (TPSA) is 72.6 Å². The molecule has 3 N–H and O–H groups in total. The number of benzene rings is 2. The van der Waals surface area contributed by atoms with Crippen LogP contribution in [0.25, 0.3) is 11.1 Å². The predicted octanol–water partition coefficient (Wildman–Crippen LogP) is 2.17. The summed E-state index contributed by atoms with van der Waals surface area (Å²) in [5, 5.41) is 9.62. The zero-order valence-electron chi connectivity index (χ0n) is 9.88. The van der Waals surface area contributed by atoms with Crippen LogP contribution < -0.4 is 10.5 Å². The van der Waals surface area contributed by atoms with E-state index < -0.39 is 5.91 Å². The summed E-state index contributed by atoms with van der Waals surface area (Å²) in [6.07, 6.45) is 0. The van der Waals surface area contributed by atoms with Gasteiger partial charge in [0, 0.05) is 11.1 Å². The molecule has 2 rings (SSSR count). The zero-order chi connectivity index (χ0) is 13.1. The molecule has 0 bridgehead atoms. The number of rotatable bonds is 3. The highest BCUT2D eigenvalue weighted by atomic mass is 16.5. The third kappa shape index (κ3) is 2.27. The second-order valence-corrected chi connectivity index (χ2v) is 3.83.